The predicted octanol–water partition coefficient (Wildman–Crippen LogP) is -0.421. The lowest BCUT2D eigenvalue weighted by molar-refractivity contribution is -0.128. The lowest BCUT2D eigenvalue weighted by Crippen LogP contribution is -2.34. The minimum Gasteiger partial charge on any atom is -0.409 e. The summed E-state index contributed by atoms with van der Waals surface area (Å²) in [6.07, 6.45) is 0.917. The molecule has 15 heavy (non-hydrogen) atoms. The van der Waals surface area contributed by atoms with Crippen molar-refractivity contribution in [2.45, 2.75) is 25.8 Å². The molecule has 0 spiro atoms. The Hall–Kier alpha value is -1.30. The molecular weight excluding hydrogens is 196 g/mol. The van der Waals surface area contributed by atoms with Crippen molar-refractivity contribution in [2.24, 2.45) is 10.9 Å². The molecule has 88 valence electrons. The highest BCUT2D eigenvalue weighted by Gasteiger charge is 2.07. The van der Waals surface area contributed by atoms with Crippen LogP contribution in [0.1, 0.15) is 19.8 Å². The standard InChI is InChI=1S/C9H20N4O2/c1-7(6-8(10)12-15)11-5-4-9(14)13(2)3/h7,11,15H,4-6H2,1-3H3,(H2,10,12). The highest BCUT2D eigenvalue weighted by Crippen LogP contribution is 1.92. The van der Waals surface area contributed by atoms with Gasteiger partial charge in [0.25, 0.3) is 0 Å². The molecule has 0 aromatic heterocycles. The third kappa shape index (κ3) is 6.73. The van der Waals surface area contributed by atoms with Crippen LogP contribution in [0.5, 0.6) is 0 Å². The van der Waals surface area contributed by atoms with Crippen LogP contribution >= 0.6 is 0 Å². The van der Waals surface area contributed by atoms with E-state index in [2.05, 4.69) is 10.5 Å². The van der Waals surface area contributed by atoms with Crippen molar-refractivity contribution in [3.8, 4) is 0 Å². The summed E-state index contributed by atoms with van der Waals surface area (Å²) in [7, 11) is 3.45. The number of amidine groups is 1. The minimum atomic E-state index is 0.0819. The van der Waals surface area contributed by atoms with Gasteiger partial charge in [0.2, 0.25) is 5.91 Å². The first-order valence-electron chi connectivity index (χ1n) is 4.87. The molecule has 0 fully saturated rings. The zero-order valence-corrected chi connectivity index (χ0v) is 9.53. The number of carbonyl (C=O) groups is 1. The molecule has 0 aromatic carbocycles. The van der Waals surface area contributed by atoms with Gasteiger partial charge in [-0.05, 0) is 6.92 Å². The number of rotatable bonds is 6. The molecule has 0 aromatic rings. The molecule has 1 unspecified atom stereocenters. The van der Waals surface area contributed by atoms with E-state index in [0.717, 1.165) is 0 Å². The zero-order valence-electron chi connectivity index (χ0n) is 9.53. The topological polar surface area (TPSA) is 91.0 Å². The molecule has 4 N–H and O–H groups in total. The second-order valence-electron chi connectivity index (χ2n) is 3.69. The number of hydrogen-bond donors (Lipinski definition) is 3. The molecule has 6 heteroatoms. The maximum atomic E-state index is 11.2. The van der Waals surface area contributed by atoms with Gasteiger partial charge in [-0.25, -0.2) is 0 Å². The number of hydrogen-bond acceptors (Lipinski definition) is 4. The summed E-state index contributed by atoms with van der Waals surface area (Å²) in [6, 6.07) is 0.0934. The molecule has 0 aliphatic heterocycles. The Balaban J connectivity index is 3.64. The van der Waals surface area contributed by atoms with Crippen LogP contribution in [0, 0.1) is 0 Å². The number of oxime groups is 1. The lowest BCUT2D eigenvalue weighted by atomic mass is 10.2. The molecule has 1 atom stereocenters. The number of nitrogens with zero attached hydrogens (tertiary/aromatic N) is 2. The Morgan fingerprint density at radius 2 is 2.20 bits per heavy atom. The largest absolute Gasteiger partial charge is 0.409 e. The van der Waals surface area contributed by atoms with Gasteiger partial charge < -0.3 is 21.2 Å². The Labute approximate surface area is 90.1 Å². The summed E-state index contributed by atoms with van der Waals surface area (Å²) >= 11 is 0. The van der Waals surface area contributed by atoms with E-state index < -0.39 is 0 Å². The molecule has 0 bridgehead atoms. The van der Waals surface area contributed by atoms with Gasteiger partial charge in [-0.15, -0.1) is 0 Å². The van der Waals surface area contributed by atoms with Crippen molar-refractivity contribution in [3.63, 3.8) is 0 Å². The summed E-state index contributed by atoms with van der Waals surface area (Å²) in [5.41, 5.74) is 5.34. The fourth-order valence-electron chi connectivity index (χ4n) is 1.08. The smallest absolute Gasteiger partial charge is 0.223 e. The Kier molecular flexibility index (Phi) is 6.44. The van der Waals surface area contributed by atoms with Gasteiger partial charge in [0, 0.05) is 39.5 Å². The van der Waals surface area contributed by atoms with Crippen LogP contribution in [0.15, 0.2) is 5.16 Å². The fraction of sp³-hybridized carbons (Fsp3) is 0.778. The van der Waals surface area contributed by atoms with Gasteiger partial charge in [-0.1, -0.05) is 5.16 Å². The van der Waals surface area contributed by atoms with Crippen molar-refractivity contribution in [2.75, 3.05) is 20.6 Å². The van der Waals surface area contributed by atoms with Gasteiger partial charge in [0.15, 0.2) is 0 Å². The van der Waals surface area contributed by atoms with Crippen molar-refractivity contribution in [1.29, 1.82) is 0 Å². The van der Waals surface area contributed by atoms with Crippen LogP contribution in [0.4, 0.5) is 0 Å². The van der Waals surface area contributed by atoms with E-state index in [1.54, 1.807) is 19.0 Å². The third-order valence-electron chi connectivity index (χ3n) is 1.97. The normalized spacial score (nSPS) is 13.7. The first-order valence-corrected chi connectivity index (χ1v) is 4.87. The monoisotopic (exact) mass is 216 g/mol. The first kappa shape index (κ1) is 13.7. The van der Waals surface area contributed by atoms with E-state index >= 15 is 0 Å². The van der Waals surface area contributed by atoms with Gasteiger partial charge >= 0.3 is 0 Å². The van der Waals surface area contributed by atoms with Crippen LogP contribution in [-0.2, 0) is 4.79 Å². The lowest BCUT2D eigenvalue weighted by Gasteiger charge is -2.14. The van der Waals surface area contributed by atoms with Crippen LogP contribution in [0.2, 0.25) is 0 Å². The van der Waals surface area contributed by atoms with Crippen LogP contribution in [0.3, 0.4) is 0 Å². The maximum Gasteiger partial charge on any atom is 0.223 e. The van der Waals surface area contributed by atoms with Crippen molar-refractivity contribution >= 4 is 11.7 Å². The number of carbonyl (C=O) groups excluding carboxylic acids is 1. The second kappa shape index (κ2) is 7.05. The summed E-state index contributed by atoms with van der Waals surface area (Å²) in [5, 5.41) is 14.3. The van der Waals surface area contributed by atoms with Gasteiger partial charge in [0.05, 0.1) is 0 Å². The number of nitrogens with two attached hydrogens (primary N) is 1. The SMILES string of the molecule is CC(CC(N)=NO)NCCC(=O)N(C)C. The summed E-state index contributed by atoms with van der Waals surface area (Å²) in [5.74, 6) is 0.271. The van der Waals surface area contributed by atoms with E-state index in [-0.39, 0.29) is 17.8 Å². The molecule has 0 aliphatic carbocycles. The second-order valence-corrected chi connectivity index (χ2v) is 3.69. The van der Waals surface area contributed by atoms with Crippen molar-refractivity contribution < 1.29 is 10.0 Å². The van der Waals surface area contributed by atoms with E-state index in [9.17, 15) is 4.79 Å². The van der Waals surface area contributed by atoms with Crippen LogP contribution in [0.25, 0.3) is 0 Å². The Morgan fingerprint density at radius 3 is 2.67 bits per heavy atom. The molecule has 0 rings (SSSR count). The molecule has 0 aliphatic rings. The Bertz CT molecular complexity index is 228. The molecule has 0 saturated carbocycles. The van der Waals surface area contributed by atoms with E-state index in [4.69, 9.17) is 10.9 Å². The van der Waals surface area contributed by atoms with E-state index in [0.29, 0.717) is 19.4 Å². The third-order valence-corrected chi connectivity index (χ3v) is 1.97. The summed E-state index contributed by atoms with van der Waals surface area (Å²) < 4.78 is 0. The zero-order chi connectivity index (χ0) is 11.8. The average molecular weight is 216 g/mol. The van der Waals surface area contributed by atoms with E-state index in [1.165, 1.54) is 0 Å². The van der Waals surface area contributed by atoms with Gasteiger partial charge in [-0.3, -0.25) is 4.79 Å². The molecule has 0 saturated heterocycles. The van der Waals surface area contributed by atoms with Crippen molar-refractivity contribution in [1.82, 2.24) is 10.2 Å². The highest BCUT2D eigenvalue weighted by molar-refractivity contribution is 5.80. The van der Waals surface area contributed by atoms with Gasteiger partial charge in [-0.2, -0.15) is 0 Å². The molecule has 0 heterocycles. The number of amides is 1. The first-order chi connectivity index (χ1) is 6.97. The molecular formula is C9H20N4O2. The molecule has 6 nitrogen and oxygen atoms in total. The molecule has 1 amide bonds. The van der Waals surface area contributed by atoms with Crippen LogP contribution in [-0.4, -0.2) is 48.5 Å². The predicted molar refractivity (Wildman–Crippen MR) is 58.8 cm³/mol. The Morgan fingerprint density at radius 1 is 1.60 bits per heavy atom. The van der Waals surface area contributed by atoms with Crippen LogP contribution < -0.4 is 11.1 Å². The minimum absolute atomic E-state index is 0.0819. The van der Waals surface area contributed by atoms with E-state index in [1.807, 2.05) is 6.92 Å². The van der Waals surface area contributed by atoms with Crippen molar-refractivity contribution in [3.05, 3.63) is 0 Å². The molecule has 0 radical (unpaired) electrons. The number of nitrogens with one attached hydrogen (secondary N) is 1. The summed E-state index contributed by atoms with van der Waals surface area (Å²) in [4.78, 5) is 12.8. The highest BCUT2D eigenvalue weighted by atomic mass is 16.4. The average Bonchev–Trinajstić information content (AvgIpc) is 2.17. The van der Waals surface area contributed by atoms with Gasteiger partial charge in [0.1, 0.15) is 5.84 Å². The quantitative estimate of drug-likeness (QED) is 0.243. The fourth-order valence-corrected chi connectivity index (χ4v) is 1.08. The maximum absolute atomic E-state index is 11.2. The summed E-state index contributed by atoms with van der Waals surface area (Å²) in [6.45, 7) is 2.51.